The van der Waals surface area contributed by atoms with Crippen LogP contribution in [-0.2, 0) is 17.9 Å². The second kappa shape index (κ2) is 8.51. The molecule has 0 spiro atoms. The number of aryl methyl sites for hydroxylation is 1. The molecule has 152 valence electrons. The minimum absolute atomic E-state index is 0.0884. The highest BCUT2D eigenvalue weighted by Crippen LogP contribution is 2.30. The Morgan fingerprint density at radius 1 is 1.20 bits per heavy atom. The van der Waals surface area contributed by atoms with E-state index in [4.69, 9.17) is 4.74 Å². The molecule has 0 bridgehead atoms. The Morgan fingerprint density at radius 3 is 2.77 bits per heavy atom. The summed E-state index contributed by atoms with van der Waals surface area (Å²) in [6, 6.07) is 15.5. The number of aromatic nitrogens is 2. The number of amides is 1. The number of carbonyl (C=O) groups is 1. The second-order valence-corrected chi connectivity index (χ2v) is 7.86. The van der Waals surface area contributed by atoms with E-state index in [1.807, 2.05) is 60.8 Å². The van der Waals surface area contributed by atoms with Gasteiger partial charge in [-0.2, -0.15) is 0 Å². The molecule has 0 unspecified atom stereocenters. The number of ether oxygens (including phenoxy) is 1. The van der Waals surface area contributed by atoms with Gasteiger partial charge in [0, 0.05) is 17.5 Å². The fourth-order valence-corrected chi connectivity index (χ4v) is 4.13. The summed E-state index contributed by atoms with van der Waals surface area (Å²) in [5, 5.41) is 5.33. The van der Waals surface area contributed by atoms with Crippen LogP contribution in [-0.4, -0.2) is 22.6 Å². The number of rotatable bonds is 6. The molecule has 7 heteroatoms. The molecule has 4 aromatic rings. The van der Waals surface area contributed by atoms with E-state index >= 15 is 0 Å². The van der Waals surface area contributed by atoms with E-state index in [1.165, 1.54) is 22.2 Å². The molecule has 1 N–H and O–H groups in total. The van der Waals surface area contributed by atoms with E-state index in [2.05, 4.69) is 10.3 Å². The number of nitrogens with zero attached hydrogens (tertiary/aromatic N) is 2. The van der Waals surface area contributed by atoms with Crippen LogP contribution in [0.25, 0.3) is 21.3 Å². The summed E-state index contributed by atoms with van der Waals surface area (Å²) >= 11 is 1.43. The van der Waals surface area contributed by atoms with Crippen LogP contribution in [0, 0.1) is 6.92 Å². The van der Waals surface area contributed by atoms with Crippen LogP contribution >= 0.6 is 11.3 Å². The highest BCUT2D eigenvalue weighted by atomic mass is 32.1. The summed E-state index contributed by atoms with van der Waals surface area (Å²) in [4.78, 5) is 30.6. The number of hydrogen-bond donors (Lipinski definition) is 1. The number of methoxy groups -OCH3 is 1. The molecule has 0 saturated carbocycles. The van der Waals surface area contributed by atoms with Crippen molar-refractivity contribution in [2.45, 2.75) is 20.0 Å². The molecule has 0 radical (unpaired) electrons. The lowest BCUT2D eigenvalue weighted by Gasteiger charge is -2.09. The minimum Gasteiger partial charge on any atom is -0.497 e. The topological polar surface area (TPSA) is 73.2 Å². The van der Waals surface area contributed by atoms with Crippen molar-refractivity contribution in [2.24, 2.45) is 0 Å². The molecule has 1 amide bonds. The third-order valence-electron chi connectivity index (χ3n) is 4.86. The molecule has 0 atom stereocenters. The van der Waals surface area contributed by atoms with Crippen molar-refractivity contribution in [3.63, 3.8) is 0 Å². The Morgan fingerprint density at radius 2 is 2.00 bits per heavy atom. The lowest BCUT2D eigenvalue weighted by Crippen LogP contribution is -2.32. The van der Waals surface area contributed by atoms with Gasteiger partial charge in [-0.3, -0.25) is 14.2 Å². The van der Waals surface area contributed by atoms with Gasteiger partial charge >= 0.3 is 0 Å². The van der Waals surface area contributed by atoms with Crippen molar-refractivity contribution in [3.05, 3.63) is 81.7 Å². The number of benzene rings is 2. The van der Waals surface area contributed by atoms with Crippen LogP contribution in [0.3, 0.4) is 0 Å². The molecule has 2 heterocycles. The summed E-state index contributed by atoms with van der Waals surface area (Å²) in [5.41, 5.74) is 3.67. The molecule has 30 heavy (non-hydrogen) atoms. The molecular formula is C23H21N3O3S. The molecule has 0 aliphatic rings. The van der Waals surface area contributed by atoms with Crippen molar-refractivity contribution in [1.29, 1.82) is 0 Å². The lowest BCUT2D eigenvalue weighted by molar-refractivity contribution is -0.121. The number of carbonyl (C=O) groups excluding carboxylic acids is 1. The van der Waals surface area contributed by atoms with E-state index in [-0.39, 0.29) is 18.0 Å². The molecule has 6 nitrogen and oxygen atoms in total. The molecule has 0 aliphatic carbocycles. The Kier molecular flexibility index (Phi) is 5.63. The first-order chi connectivity index (χ1) is 14.5. The molecule has 0 saturated heterocycles. The highest BCUT2D eigenvalue weighted by Gasteiger charge is 2.14. The van der Waals surface area contributed by atoms with Gasteiger partial charge in [0.1, 0.15) is 17.1 Å². The number of thiophene rings is 1. The van der Waals surface area contributed by atoms with Gasteiger partial charge in [0.25, 0.3) is 5.56 Å². The molecule has 2 aromatic heterocycles. The lowest BCUT2D eigenvalue weighted by atomic mass is 10.1. The molecular weight excluding hydrogens is 398 g/mol. The van der Waals surface area contributed by atoms with Gasteiger partial charge in [-0.25, -0.2) is 4.98 Å². The predicted octanol–water partition coefficient (Wildman–Crippen LogP) is 3.76. The van der Waals surface area contributed by atoms with Crippen molar-refractivity contribution >= 4 is 27.5 Å². The third kappa shape index (κ3) is 4.11. The van der Waals surface area contributed by atoms with E-state index in [0.717, 1.165) is 28.0 Å². The maximum Gasteiger partial charge on any atom is 0.263 e. The van der Waals surface area contributed by atoms with Crippen molar-refractivity contribution < 1.29 is 9.53 Å². The first-order valence-corrected chi connectivity index (χ1v) is 10.4. The zero-order chi connectivity index (χ0) is 21.1. The Labute approximate surface area is 177 Å². The first-order valence-electron chi connectivity index (χ1n) is 9.48. The molecule has 0 fully saturated rings. The van der Waals surface area contributed by atoms with E-state index < -0.39 is 0 Å². The Bertz CT molecular complexity index is 1260. The summed E-state index contributed by atoms with van der Waals surface area (Å²) in [6.45, 7) is 2.29. The van der Waals surface area contributed by atoms with Crippen molar-refractivity contribution in [1.82, 2.24) is 14.9 Å². The monoisotopic (exact) mass is 419 g/mol. The van der Waals surface area contributed by atoms with E-state index in [0.29, 0.717) is 16.8 Å². The van der Waals surface area contributed by atoms with Gasteiger partial charge in [-0.1, -0.05) is 42.0 Å². The average Bonchev–Trinajstić information content (AvgIpc) is 3.20. The Balaban J connectivity index is 1.55. The third-order valence-corrected chi connectivity index (χ3v) is 5.75. The van der Waals surface area contributed by atoms with Gasteiger partial charge in [0.15, 0.2) is 0 Å². The highest BCUT2D eigenvalue weighted by molar-refractivity contribution is 7.17. The van der Waals surface area contributed by atoms with Crippen LogP contribution in [0.4, 0.5) is 0 Å². The SMILES string of the molecule is COc1cccc(CNC(=O)Cn2cnc3scc(-c4ccc(C)cc4)c3c2=O)c1. The zero-order valence-electron chi connectivity index (χ0n) is 16.7. The van der Waals surface area contributed by atoms with E-state index in [9.17, 15) is 9.59 Å². The summed E-state index contributed by atoms with van der Waals surface area (Å²) in [6.07, 6.45) is 1.44. The van der Waals surface area contributed by atoms with Crippen LogP contribution in [0.1, 0.15) is 11.1 Å². The quantitative estimate of drug-likeness (QED) is 0.517. The van der Waals surface area contributed by atoms with Crippen LogP contribution in [0.15, 0.2) is 65.0 Å². The maximum absolute atomic E-state index is 13.1. The Hall–Kier alpha value is -3.45. The second-order valence-electron chi connectivity index (χ2n) is 7.00. The van der Waals surface area contributed by atoms with E-state index in [1.54, 1.807) is 7.11 Å². The average molecular weight is 420 g/mol. The van der Waals surface area contributed by atoms with Crippen LogP contribution in [0.5, 0.6) is 5.75 Å². The first kappa shape index (κ1) is 19.8. The fourth-order valence-electron chi connectivity index (χ4n) is 3.22. The zero-order valence-corrected chi connectivity index (χ0v) is 17.5. The largest absolute Gasteiger partial charge is 0.497 e. The number of hydrogen-bond acceptors (Lipinski definition) is 5. The van der Waals surface area contributed by atoms with Crippen molar-refractivity contribution in [2.75, 3.05) is 7.11 Å². The summed E-state index contributed by atoms with van der Waals surface area (Å²) < 4.78 is 6.55. The van der Waals surface area contributed by atoms with Gasteiger partial charge in [0.05, 0.1) is 18.8 Å². The van der Waals surface area contributed by atoms with Crippen LogP contribution < -0.4 is 15.6 Å². The fraction of sp³-hybridized carbons (Fsp3) is 0.174. The van der Waals surface area contributed by atoms with Crippen LogP contribution in [0.2, 0.25) is 0 Å². The standard InChI is InChI=1S/C23H21N3O3S/c1-15-6-8-17(9-7-15)19-13-30-22-21(19)23(28)26(14-25-22)12-20(27)24-11-16-4-3-5-18(10-16)29-2/h3-10,13-14H,11-12H2,1-2H3,(H,24,27). The minimum atomic E-state index is -0.256. The van der Waals surface area contributed by atoms with Crippen molar-refractivity contribution in [3.8, 4) is 16.9 Å². The predicted molar refractivity (Wildman–Crippen MR) is 119 cm³/mol. The normalized spacial score (nSPS) is 10.9. The van der Waals surface area contributed by atoms with Gasteiger partial charge in [0.2, 0.25) is 5.91 Å². The van der Waals surface area contributed by atoms with Gasteiger partial charge < -0.3 is 10.1 Å². The summed E-state index contributed by atoms with van der Waals surface area (Å²) in [7, 11) is 1.60. The number of fused-ring (bicyclic) bond motifs is 1. The molecule has 0 aliphatic heterocycles. The van der Waals surface area contributed by atoms with Gasteiger partial charge in [-0.05, 0) is 30.2 Å². The number of nitrogens with one attached hydrogen (secondary N) is 1. The smallest absolute Gasteiger partial charge is 0.263 e. The maximum atomic E-state index is 13.1. The molecule has 4 rings (SSSR count). The molecule has 2 aromatic carbocycles. The summed E-state index contributed by atoms with van der Waals surface area (Å²) in [5.74, 6) is 0.474. The van der Waals surface area contributed by atoms with Gasteiger partial charge in [-0.15, -0.1) is 11.3 Å².